The lowest BCUT2D eigenvalue weighted by Crippen LogP contribution is -2.40. The van der Waals surface area contributed by atoms with Crippen molar-refractivity contribution >= 4 is 23.4 Å². The minimum atomic E-state index is -0.389. The number of benzene rings is 1. The normalized spacial score (nSPS) is 17.8. The number of aromatic nitrogens is 1. The second kappa shape index (κ2) is 7.96. The Bertz CT molecular complexity index is 848. The van der Waals surface area contributed by atoms with Crippen LogP contribution in [0.4, 0.5) is 20.7 Å². The van der Waals surface area contributed by atoms with Gasteiger partial charge in [-0.25, -0.2) is 14.2 Å². The quantitative estimate of drug-likeness (QED) is 0.868. The fourth-order valence-corrected chi connectivity index (χ4v) is 3.92. The predicted molar refractivity (Wildman–Crippen MR) is 105 cm³/mol. The van der Waals surface area contributed by atoms with Gasteiger partial charge in [-0.3, -0.25) is 9.69 Å². The largest absolute Gasteiger partial charge is 0.326 e. The Balaban J connectivity index is 1.40. The van der Waals surface area contributed by atoms with Gasteiger partial charge >= 0.3 is 6.03 Å². The molecule has 1 aromatic heterocycles. The number of carbonyl (C=O) groups is 2. The van der Waals surface area contributed by atoms with Gasteiger partial charge in [0, 0.05) is 24.7 Å². The molecule has 2 heterocycles. The highest BCUT2D eigenvalue weighted by Crippen LogP contribution is 2.27. The van der Waals surface area contributed by atoms with E-state index in [2.05, 4.69) is 10.3 Å². The maximum Gasteiger partial charge on any atom is 0.326 e. The van der Waals surface area contributed by atoms with Gasteiger partial charge in [0.05, 0.1) is 11.9 Å². The topological polar surface area (TPSA) is 65.5 Å². The highest BCUT2D eigenvalue weighted by Gasteiger charge is 2.35. The van der Waals surface area contributed by atoms with Gasteiger partial charge in [-0.15, -0.1) is 0 Å². The van der Waals surface area contributed by atoms with E-state index >= 15 is 0 Å². The number of nitrogens with one attached hydrogen (secondary N) is 1. The molecule has 2 fully saturated rings. The SMILES string of the molecule is O=C(Nc1ccc(N2CCN(C3CCCCC3)C2=O)nc1)c1ccc(F)cc1. The van der Waals surface area contributed by atoms with Crippen molar-refractivity contribution < 1.29 is 14.0 Å². The Labute approximate surface area is 163 Å². The molecule has 146 valence electrons. The Hall–Kier alpha value is -2.96. The number of hydrogen-bond donors (Lipinski definition) is 1. The molecular formula is C21H23FN4O2. The second-order valence-electron chi connectivity index (χ2n) is 7.29. The Morgan fingerprint density at radius 1 is 1.04 bits per heavy atom. The zero-order chi connectivity index (χ0) is 19.5. The molecule has 2 aliphatic rings. The van der Waals surface area contributed by atoms with Gasteiger partial charge in [0.2, 0.25) is 0 Å². The van der Waals surface area contributed by atoms with E-state index in [4.69, 9.17) is 0 Å². The summed E-state index contributed by atoms with van der Waals surface area (Å²) in [5, 5.41) is 2.73. The Morgan fingerprint density at radius 3 is 2.46 bits per heavy atom. The third-order valence-corrected chi connectivity index (χ3v) is 5.45. The van der Waals surface area contributed by atoms with Crippen LogP contribution in [0.15, 0.2) is 42.6 Å². The number of halogens is 1. The maximum absolute atomic E-state index is 13.0. The minimum Gasteiger partial charge on any atom is -0.321 e. The standard InChI is InChI=1S/C21H23FN4O2/c22-16-8-6-15(7-9-16)20(27)24-17-10-11-19(23-14-17)26-13-12-25(21(26)28)18-4-2-1-3-5-18/h6-11,14,18H,1-5,12-13H2,(H,24,27). The van der Waals surface area contributed by atoms with Crippen molar-refractivity contribution in [2.75, 3.05) is 23.3 Å². The third kappa shape index (κ3) is 3.83. The summed E-state index contributed by atoms with van der Waals surface area (Å²) in [6.45, 7) is 1.36. The molecule has 0 unspecified atom stereocenters. The van der Waals surface area contributed by atoms with E-state index in [1.54, 1.807) is 17.0 Å². The van der Waals surface area contributed by atoms with Gasteiger partial charge in [0.1, 0.15) is 11.6 Å². The smallest absolute Gasteiger partial charge is 0.321 e. The zero-order valence-electron chi connectivity index (χ0n) is 15.6. The van der Waals surface area contributed by atoms with E-state index in [0.717, 1.165) is 19.4 Å². The van der Waals surface area contributed by atoms with Crippen LogP contribution in [0.2, 0.25) is 0 Å². The maximum atomic E-state index is 13.0. The number of pyridine rings is 1. The molecule has 1 aliphatic heterocycles. The molecule has 1 saturated heterocycles. The summed E-state index contributed by atoms with van der Waals surface area (Å²) in [7, 11) is 0. The summed E-state index contributed by atoms with van der Waals surface area (Å²) < 4.78 is 13.0. The van der Waals surface area contributed by atoms with Crippen molar-refractivity contribution in [3.05, 3.63) is 54.0 Å². The Kier molecular flexibility index (Phi) is 5.23. The molecule has 1 aliphatic carbocycles. The van der Waals surface area contributed by atoms with Crippen LogP contribution in [0.3, 0.4) is 0 Å². The van der Waals surface area contributed by atoms with Crippen LogP contribution in [-0.2, 0) is 0 Å². The molecule has 28 heavy (non-hydrogen) atoms. The fraction of sp³-hybridized carbons (Fsp3) is 0.381. The first kappa shape index (κ1) is 18.4. The lowest BCUT2D eigenvalue weighted by Gasteiger charge is -2.30. The monoisotopic (exact) mass is 382 g/mol. The van der Waals surface area contributed by atoms with E-state index in [0.29, 0.717) is 29.7 Å². The molecule has 7 heteroatoms. The number of rotatable bonds is 4. The number of anilines is 2. The summed E-state index contributed by atoms with van der Waals surface area (Å²) >= 11 is 0. The van der Waals surface area contributed by atoms with Gasteiger partial charge in [-0.2, -0.15) is 0 Å². The fourth-order valence-electron chi connectivity index (χ4n) is 3.92. The molecule has 3 amide bonds. The van der Waals surface area contributed by atoms with Crippen LogP contribution in [0.1, 0.15) is 42.5 Å². The van der Waals surface area contributed by atoms with E-state index in [-0.39, 0.29) is 17.8 Å². The third-order valence-electron chi connectivity index (χ3n) is 5.45. The lowest BCUT2D eigenvalue weighted by atomic mass is 9.94. The average molecular weight is 382 g/mol. The molecule has 0 radical (unpaired) electrons. The van der Waals surface area contributed by atoms with Crippen LogP contribution in [-0.4, -0.2) is 41.0 Å². The molecule has 1 saturated carbocycles. The van der Waals surface area contributed by atoms with Crippen LogP contribution in [0.5, 0.6) is 0 Å². The van der Waals surface area contributed by atoms with E-state index in [1.165, 1.54) is 49.7 Å². The van der Waals surface area contributed by atoms with Crippen molar-refractivity contribution in [3.63, 3.8) is 0 Å². The van der Waals surface area contributed by atoms with E-state index in [1.807, 2.05) is 4.90 Å². The van der Waals surface area contributed by atoms with Gasteiger partial charge < -0.3 is 10.2 Å². The summed E-state index contributed by atoms with van der Waals surface area (Å²) in [6, 6.07) is 9.16. The number of hydrogen-bond acceptors (Lipinski definition) is 3. The van der Waals surface area contributed by atoms with Crippen molar-refractivity contribution in [2.45, 2.75) is 38.1 Å². The molecule has 6 nitrogen and oxygen atoms in total. The summed E-state index contributed by atoms with van der Waals surface area (Å²) in [5.41, 5.74) is 0.886. The summed E-state index contributed by atoms with van der Waals surface area (Å²) in [4.78, 5) is 33.0. The molecular weight excluding hydrogens is 359 g/mol. The first-order chi connectivity index (χ1) is 13.6. The highest BCUT2D eigenvalue weighted by atomic mass is 19.1. The molecule has 1 aromatic carbocycles. The van der Waals surface area contributed by atoms with Crippen molar-refractivity contribution in [1.29, 1.82) is 0 Å². The zero-order valence-corrected chi connectivity index (χ0v) is 15.6. The minimum absolute atomic E-state index is 0.0162. The van der Waals surface area contributed by atoms with Gasteiger partial charge in [-0.1, -0.05) is 19.3 Å². The molecule has 0 atom stereocenters. The van der Waals surface area contributed by atoms with Crippen LogP contribution in [0.25, 0.3) is 0 Å². The van der Waals surface area contributed by atoms with Crippen molar-refractivity contribution in [1.82, 2.24) is 9.88 Å². The molecule has 1 N–H and O–H groups in total. The van der Waals surface area contributed by atoms with Crippen LogP contribution in [0, 0.1) is 5.82 Å². The molecule has 2 aromatic rings. The first-order valence-electron chi connectivity index (χ1n) is 9.73. The van der Waals surface area contributed by atoms with E-state index in [9.17, 15) is 14.0 Å². The number of urea groups is 1. The molecule has 0 bridgehead atoms. The number of amides is 3. The van der Waals surface area contributed by atoms with Crippen LogP contribution >= 0.6 is 0 Å². The van der Waals surface area contributed by atoms with Crippen molar-refractivity contribution in [3.8, 4) is 0 Å². The Morgan fingerprint density at radius 2 is 1.79 bits per heavy atom. The molecule has 0 spiro atoms. The van der Waals surface area contributed by atoms with Gasteiger partial charge in [0.15, 0.2) is 0 Å². The van der Waals surface area contributed by atoms with Gasteiger partial charge in [-0.05, 0) is 49.2 Å². The summed E-state index contributed by atoms with van der Waals surface area (Å²) in [6.07, 6.45) is 7.34. The van der Waals surface area contributed by atoms with Crippen LogP contribution < -0.4 is 10.2 Å². The first-order valence-corrected chi connectivity index (χ1v) is 9.73. The van der Waals surface area contributed by atoms with E-state index < -0.39 is 0 Å². The highest BCUT2D eigenvalue weighted by molar-refractivity contribution is 6.04. The molecule has 4 rings (SSSR count). The predicted octanol–water partition coefficient (Wildman–Crippen LogP) is 4.05. The van der Waals surface area contributed by atoms with Crippen molar-refractivity contribution in [2.24, 2.45) is 0 Å². The number of nitrogens with zero attached hydrogens (tertiary/aromatic N) is 3. The average Bonchev–Trinajstić information content (AvgIpc) is 3.11. The summed E-state index contributed by atoms with van der Waals surface area (Å²) in [5.74, 6) is -0.140. The van der Waals surface area contributed by atoms with Gasteiger partial charge in [0.25, 0.3) is 5.91 Å². The second-order valence-corrected chi connectivity index (χ2v) is 7.29. The number of carbonyl (C=O) groups excluding carboxylic acids is 2. The lowest BCUT2D eigenvalue weighted by molar-refractivity contribution is 0.102.